The summed E-state index contributed by atoms with van der Waals surface area (Å²) in [7, 11) is 0. The van der Waals surface area contributed by atoms with Crippen molar-refractivity contribution in [3.8, 4) is 0 Å². The Balaban J connectivity index is 0.000000132. The van der Waals surface area contributed by atoms with E-state index in [2.05, 4.69) is 6.92 Å². The number of hydrogen-bond donors (Lipinski definition) is 0. The summed E-state index contributed by atoms with van der Waals surface area (Å²) in [6.07, 6.45) is 4.76. The molecule has 0 amide bonds. The fourth-order valence-corrected chi connectivity index (χ4v) is 1.40. The highest BCUT2D eigenvalue weighted by atomic mass is 16.5. The van der Waals surface area contributed by atoms with Gasteiger partial charge >= 0.3 is 5.97 Å². The summed E-state index contributed by atoms with van der Waals surface area (Å²) in [4.78, 5) is 10.2. The predicted octanol–water partition coefficient (Wildman–Crippen LogP) is 1.90. The summed E-state index contributed by atoms with van der Waals surface area (Å²) in [6, 6.07) is 0. The number of rotatable bonds is 0. The Morgan fingerprint density at radius 3 is 2.15 bits per heavy atom. The summed E-state index contributed by atoms with van der Waals surface area (Å²) in [5.41, 5.74) is 0. The Morgan fingerprint density at radius 1 is 1.23 bits per heavy atom. The minimum Gasteiger partial charge on any atom is -0.463 e. The van der Waals surface area contributed by atoms with E-state index in [1.807, 2.05) is 6.92 Å². The van der Waals surface area contributed by atoms with Crippen LogP contribution < -0.4 is 0 Å². The van der Waals surface area contributed by atoms with Crippen molar-refractivity contribution in [2.45, 2.75) is 51.7 Å². The van der Waals surface area contributed by atoms with E-state index in [0.29, 0.717) is 12.5 Å². The lowest BCUT2D eigenvalue weighted by Crippen LogP contribution is -1.98. The van der Waals surface area contributed by atoms with Gasteiger partial charge in [-0.3, -0.25) is 4.79 Å². The molecule has 13 heavy (non-hydrogen) atoms. The minimum atomic E-state index is -0.0486. The van der Waals surface area contributed by atoms with Crippen molar-refractivity contribution in [3.63, 3.8) is 0 Å². The van der Waals surface area contributed by atoms with Crippen molar-refractivity contribution in [3.05, 3.63) is 0 Å². The van der Waals surface area contributed by atoms with Gasteiger partial charge in [-0.15, -0.1) is 0 Å². The van der Waals surface area contributed by atoms with Crippen molar-refractivity contribution in [2.75, 3.05) is 6.61 Å². The van der Waals surface area contributed by atoms with Crippen LogP contribution in [0.2, 0.25) is 0 Å². The third-order valence-electron chi connectivity index (χ3n) is 2.24. The lowest BCUT2D eigenvalue weighted by molar-refractivity contribution is -0.140. The maximum atomic E-state index is 10.2. The van der Waals surface area contributed by atoms with Gasteiger partial charge in [0.05, 0.1) is 12.2 Å². The molecule has 2 saturated heterocycles. The molecule has 0 saturated carbocycles. The van der Waals surface area contributed by atoms with Gasteiger partial charge in [-0.1, -0.05) is 0 Å². The first-order valence-corrected chi connectivity index (χ1v) is 4.99. The standard InChI is InChI=1S/C5H8O2.C5H10O/c1-4-2-3-5(6)7-4;1-5-3-2-4-6-5/h4H,2-3H2,1H3;5H,2-4H2,1H3. The van der Waals surface area contributed by atoms with E-state index < -0.39 is 0 Å². The zero-order chi connectivity index (χ0) is 9.68. The number of carbonyl (C=O) groups is 1. The first-order valence-electron chi connectivity index (χ1n) is 4.99. The normalized spacial score (nSPS) is 32.3. The van der Waals surface area contributed by atoms with Crippen LogP contribution in [0.5, 0.6) is 0 Å². The topological polar surface area (TPSA) is 35.5 Å². The molecule has 0 aliphatic carbocycles. The summed E-state index contributed by atoms with van der Waals surface area (Å²) in [6.45, 7) is 5.01. The molecule has 2 unspecified atom stereocenters. The molecule has 2 aliphatic heterocycles. The van der Waals surface area contributed by atoms with Crippen molar-refractivity contribution in [2.24, 2.45) is 0 Å². The summed E-state index contributed by atoms with van der Waals surface area (Å²) in [5.74, 6) is -0.0486. The van der Waals surface area contributed by atoms with Crippen LogP contribution in [0, 0.1) is 0 Å². The number of cyclic esters (lactones) is 1. The zero-order valence-corrected chi connectivity index (χ0v) is 8.41. The second kappa shape index (κ2) is 5.22. The van der Waals surface area contributed by atoms with Crippen LogP contribution in [-0.4, -0.2) is 24.8 Å². The maximum absolute atomic E-state index is 10.2. The monoisotopic (exact) mass is 186 g/mol. The van der Waals surface area contributed by atoms with Crippen molar-refractivity contribution in [1.29, 1.82) is 0 Å². The Labute approximate surface area is 79.4 Å². The fourth-order valence-electron chi connectivity index (χ4n) is 1.40. The van der Waals surface area contributed by atoms with Crippen molar-refractivity contribution >= 4 is 5.97 Å². The molecule has 2 rings (SSSR count). The van der Waals surface area contributed by atoms with E-state index in [-0.39, 0.29) is 12.1 Å². The molecule has 0 N–H and O–H groups in total. The van der Waals surface area contributed by atoms with E-state index in [9.17, 15) is 4.79 Å². The fraction of sp³-hybridized carbons (Fsp3) is 0.900. The molecule has 2 fully saturated rings. The second-order valence-electron chi connectivity index (χ2n) is 3.66. The summed E-state index contributed by atoms with van der Waals surface area (Å²) >= 11 is 0. The average Bonchev–Trinajstić information content (AvgIpc) is 2.64. The van der Waals surface area contributed by atoms with Crippen molar-refractivity contribution < 1.29 is 14.3 Å². The maximum Gasteiger partial charge on any atom is 0.306 e. The molecule has 76 valence electrons. The molecular weight excluding hydrogens is 168 g/mol. The predicted molar refractivity (Wildman–Crippen MR) is 49.4 cm³/mol. The average molecular weight is 186 g/mol. The largest absolute Gasteiger partial charge is 0.463 e. The highest BCUT2D eigenvalue weighted by Crippen LogP contribution is 2.11. The number of ether oxygens (including phenoxy) is 2. The molecule has 0 aromatic heterocycles. The Hall–Kier alpha value is -0.570. The van der Waals surface area contributed by atoms with E-state index in [1.54, 1.807) is 0 Å². The van der Waals surface area contributed by atoms with E-state index in [1.165, 1.54) is 12.8 Å². The van der Waals surface area contributed by atoms with Crippen LogP contribution in [0.3, 0.4) is 0 Å². The van der Waals surface area contributed by atoms with Crippen LogP contribution in [0.15, 0.2) is 0 Å². The number of hydrogen-bond acceptors (Lipinski definition) is 3. The first-order chi connectivity index (χ1) is 6.18. The molecule has 2 aliphatic rings. The van der Waals surface area contributed by atoms with Gasteiger partial charge in [0, 0.05) is 13.0 Å². The zero-order valence-electron chi connectivity index (χ0n) is 8.41. The number of carbonyl (C=O) groups excluding carboxylic acids is 1. The van der Waals surface area contributed by atoms with Gasteiger partial charge in [0.15, 0.2) is 0 Å². The molecule has 2 atom stereocenters. The Morgan fingerprint density at radius 2 is 2.00 bits per heavy atom. The smallest absolute Gasteiger partial charge is 0.306 e. The van der Waals surface area contributed by atoms with Crippen LogP contribution >= 0.6 is 0 Å². The van der Waals surface area contributed by atoms with Gasteiger partial charge in [0.1, 0.15) is 0 Å². The highest BCUT2D eigenvalue weighted by molar-refractivity contribution is 5.71. The van der Waals surface area contributed by atoms with Gasteiger partial charge in [-0.05, 0) is 33.1 Å². The molecule has 0 bridgehead atoms. The molecule has 2 heterocycles. The molecule has 0 radical (unpaired) electrons. The Bertz CT molecular complexity index is 162. The molecule has 3 nitrogen and oxygen atoms in total. The molecule has 0 spiro atoms. The molecule has 0 aromatic rings. The van der Waals surface area contributed by atoms with Crippen LogP contribution in [0.1, 0.15) is 39.5 Å². The third kappa shape index (κ3) is 4.27. The van der Waals surface area contributed by atoms with Crippen molar-refractivity contribution in [1.82, 2.24) is 0 Å². The summed E-state index contributed by atoms with van der Waals surface area (Å²) < 4.78 is 9.88. The number of esters is 1. The third-order valence-corrected chi connectivity index (χ3v) is 2.24. The minimum absolute atomic E-state index is 0.0486. The van der Waals surface area contributed by atoms with E-state index >= 15 is 0 Å². The van der Waals surface area contributed by atoms with Crippen LogP contribution in [0.25, 0.3) is 0 Å². The van der Waals surface area contributed by atoms with Gasteiger partial charge < -0.3 is 9.47 Å². The van der Waals surface area contributed by atoms with Gasteiger partial charge in [-0.25, -0.2) is 0 Å². The van der Waals surface area contributed by atoms with Gasteiger partial charge in [-0.2, -0.15) is 0 Å². The van der Waals surface area contributed by atoms with Crippen LogP contribution in [-0.2, 0) is 14.3 Å². The quantitative estimate of drug-likeness (QED) is 0.542. The lowest BCUT2D eigenvalue weighted by atomic mass is 10.3. The Kier molecular flexibility index (Phi) is 4.22. The first kappa shape index (κ1) is 10.5. The second-order valence-corrected chi connectivity index (χ2v) is 3.66. The SMILES string of the molecule is CC1CCC(=O)O1.CC1CCCO1. The summed E-state index contributed by atoms with van der Waals surface area (Å²) in [5, 5.41) is 0. The molecule has 3 heteroatoms. The van der Waals surface area contributed by atoms with E-state index in [0.717, 1.165) is 13.0 Å². The van der Waals surface area contributed by atoms with Gasteiger partial charge in [0.25, 0.3) is 0 Å². The van der Waals surface area contributed by atoms with Gasteiger partial charge in [0.2, 0.25) is 0 Å². The lowest BCUT2D eigenvalue weighted by Gasteiger charge is -1.95. The molecular formula is C10H18O3. The van der Waals surface area contributed by atoms with Crippen LogP contribution in [0.4, 0.5) is 0 Å². The van der Waals surface area contributed by atoms with E-state index in [4.69, 9.17) is 9.47 Å². The highest BCUT2D eigenvalue weighted by Gasteiger charge is 2.17. The molecule has 0 aromatic carbocycles.